The largest absolute Gasteiger partial charge is 0.508 e. The van der Waals surface area contributed by atoms with Gasteiger partial charge in [-0.2, -0.15) is 0 Å². The molecule has 8 heteroatoms. The third kappa shape index (κ3) is 3.27. The van der Waals surface area contributed by atoms with Crippen LogP contribution in [-0.4, -0.2) is 22.1 Å². The lowest BCUT2D eigenvalue weighted by Gasteiger charge is -2.10. The predicted octanol–water partition coefficient (Wildman–Crippen LogP) is 1.57. The Morgan fingerprint density at radius 1 is 1.09 bits per heavy atom. The van der Waals surface area contributed by atoms with Gasteiger partial charge in [-0.1, -0.05) is 11.6 Å². The molecule has 0 aliphatic rings. The number of phenolic OH excluding ortho intramolecular Hbond substituents is 2. The number of amides is 1. The zero-order chi connectivity index (χ0) is 16.3. The molecule has 0 spiro atoms. The highest BCUT2D eigenvalue weighted by atomic mass is 35.5. The quantitative estimate of drug-likeness (QED) is 0.224. The fourth-order valence-corrected chi connectivity index (χ4v) is 1.86. The summed E-state index contributed by atoms with van der Waals surface area (Å²) in [5.41, 5.74) is 1.65. The maximum Gasteiger partial charge on any atom is 0.347 e. The molecule has 0 fully saturated rings. The molecule has 0 aliphatic heterocycles. The summed E-state index contributed by atoms with van der Waals surface area (Å²) in [6.07, 6.45) is 0. The van der Waals surface area contributed by atoms with Gasteiger partial charge in [-0.05, 0) is 30.3 Å². The number of hydrogen-bond acceptors (Lipinski definition) is 6. The van der Waals surface area contributed by atoms with Crippen LogP contribution in [0.25, 0.3) is 0 Å². The van der Waals surface area contributed by atoms with Gasteiger partial charge in [0.05, 0.1) is 5.56 Å². The molecule has 0 bridgehead atoms. The van der Waals surface area contributed by atoms with Gasteiger partial charge in [-0.25, -0.2) is 10.6 Å². The number of hydrazine groups is 1. The number of phenols is 2. The lowest BCUT2D eigenvalue weighted by molar-refractivity contribution is 0.0729. The number of nitrogens with two attached hydrogens (primary N) is 1. The molecule has 114 valence electrons. The van der Waals surface area contributed by atoms with Crippen LogP contribution in [0.2, 0.25) is 5.02 Å². The summed E-state index contributed by atoms with van der Waals surface area (Å²) in [6, 6.07) is 7.38. The molecule has 2 aromatic carbocycles. The Morgan fingerprint density at radius 2 is 1.82 bits per heavy atom. The van der Waals surface area contributed by atoms with Crippen LogP contribution in [0.4, 0.5) is 0 Å². The molecule has 0 saturated heterocycles. The van der Waals surface area contributed by atoms with E-state index in [1.165, 1.54) is 30.3 Å². The van der Waals surface area contributed by atoms with Crippen molar-refractivity contribution in [2.75, 3.05) is 0 Å². The first-order valence-electron chi connectivity index (χ1n) is 5.97. The van der Waals surface area contributed by atoms with Gasteiger partial charge in [-0.15, -0.1) is 0 Å². The zero-order valence-corrected chi connectivity index (χ0v) is 11.8. The van der Waals surface area contributed by atoms with Crippen LogP contribution in [0.5, 0.6) is 17.2 Å². The Hall–Kier alpha value is -2.77. The Kier molecular flexibility index (Phi) is 4.50. The molecule has 2 aromatic rings. The molecule has 2 rings (SSSR count). The number of rotatable bonds is 3. The van der Waals surface area contributed by atoms with Crippen molar-refractivity contribution in [2.45, 2.75) is 0 Å². The van der Waals surface area contributed by atoms with Crippen LogP contribution in [0.15, 0.2) is 36.4 Å². The first-order valence-corrected chi connectivity index (χ1v) is 6.35. The summed E-state index contributed by atoms with van der Waals surface area (Å²) >= 11 is 5.75. The van der Waals surface area contributed by atoms with Crippen LogP contribution < -0.4 is 16.0 Å². The van der Waals surface area contributed by atoms with Crippen molar-refractivity contribution < 1.29 is 24.5 Å². The molecular weight excluding hydrogens is 312 g/mol. The summed E-state index contributed by atoms with van der Waals surface area (Å²) in [6.45, 7) is 0. The van der Waals surface area contributed by atoms with Crippen molar-refractivity contribution in [1.29, 1.82) is 0 Å². The number of esters is 1. The van der Waals surface area contributed by atoms with E-state index >= 15 is 0 Å². The zero-order valence-electron chi connectivity index (χ0n) is 11.0. The molecule has 0 aromatic heterocycles. The summed E-state index contributed by atoms with van der Waals surface area (Å²) < 4.78 is 5.04. The number of halogens is 1. The molecule has 5 N–H and O–H groups in total. The van der Waals surface area contributed by atoms with E-state index < -0.39 is 11.9 Å². The van der Waals surface area contributed by atoms with E-state index in [0.717, 1.165) is 6.07 Å². The number of benzene rings is 2. The van der Waals surface area contributed by atoms with Crippen LogP contribution in [0.3, 0.4) is 0 Å². The topological polar surface area (TPSA) is 122 Å². The van der Waals surface area contributed by atoms with E-state index in [1.807, 2.05) is 5.43 Å². The van der Waals surface area contributed by atoms with Gasteiger partial charge in [0.1, 0.15) is 22.8 Å². The van der Waals surface area contributed by atoms with E-state index in [1.54, 1.807) is 0 Å². The first kappa shape index (κ1) is 15.6. The summed E-state index contributed by atoms with van der Waals surface area (Å²) in [4.78, 5) is 23.7. The molecule has 0 heterocycles. The van der Waals surface area contributed by atoms with Crippen molar-refractivity contribution in [3.05, 3.63) is 52.5 Å². The average molecular weight is 323 g/mol. The second-order valence-corrected chi connectivity index (χ2v) is 4.64. The molecular formula is C14H11ClN2O5. The maximum atomic E-state index is 12.1. The van der Waals surface area contributed by atoms with E-state index in [0.29, 0.717) is 0 Å². The molecule has 1 amide bonds. The van der Waals surface area contributed by atoms with E-state index in [2.05, 4.69) is 0 Å². The maximum absolute atomic E-state index is 12.1. The first-order chi connectivity index (χ1) is 10.4. The predicted molar refractivity (Wildman–Crippen MR) is 77.8 cm³/mol. The average Bonchev–Trinajstić information content (AvgIpc) is 2.49. The van der Waals surface area contributed by atoms with E-state index in [9.17, 15) is 19.8 Å². The fraction of sp³-hybridized carbons (Fsp3) is 0. The van der Waals surface area contributed by atoms with Crippen LogP contribution in [0, 0.1) is 0 Å². The van der Waals surface area contributed by atoms with Crippen LogP contribution >= 0.6 is 11.6 Å². The smallest absolute Gasteiger partial charge is 0.347 e. The number of hydrogen-bond donors (Lipinski definition) is 4. The molecule has 0 saturated carbocycles. The number of carbonyl (C=O) groups excluding carboxylic acids is 2. The highest BCUT2D eigenvalue weighted by Gasteiger charge is 2.19. The van der Waals surface area contributed by atoms with Crippen molar-refractivity contribution >= 4 is 23.5 Å². The molecule has 0 radical (unpaired) electrons. The lowest BCUT2D eigenvalue weighted by Crippen LogP contribution is -2.30. The van der Waals surface area contributed by atoms with E-state index in [-0.39, 0.29) is 33.4 Å². The van der Waals surface area contributed by atoms with Crippen molar-refractivity contribution in [3.63, 3.8) is 0 Å². The standard InChI is InChI=1S/C14H11ClN2O5/c15-7-1-4-11(19)10(5-7)14(21)22-12-6-8(18)2-3-9(12)13(20)17-16/h1-6,18-19H,16H2,(H,17,20). The molecule has 0 aliphatic carbocycles. The minimum Gasteiger partial charge on any atom is -0.508 e. The summed E-state index contributed by atoms with van der Waals surface area (Å²) in [5, 5.41) is 19.3. The monoisotopic (exact) mass is 322 g/mol. The van der Waals surface area contributed by atoms with Crippen molar-refractivity contribution in [3.8, 4) is 17.2 Å². The number of carbonyl (C=O) groups is 2. The third-order valence-corrected chi connectivity index (χ3v) is 2.96. The Labute approximate surface area is 129 Å². The number of ether oxygens (including phenoxy) is 1. The van der Waals surface area contributed by atoms with Crippen molar-refractivity contribution in [2.24, 2.45) is 5.84 Å². The van der Waals surface area contributed by atoms with Gasteiger partial charge in [0.15, 0.2) is 0 Å². The second-order valence-electron chi connectivity index (χ2n) is 4.20. The highest BCUT2D eigenvalue weighted by Crippen LogP contribution is 2.27. The summed E-state index contributed by atoms with van der Waals surface area (Å²) in [5.74, 6) is 2.61. The third-order valence-electron chi connectivity index (χ3n) is 2.72. The summed E-state index contributed by atoms with van der Waals surface area (Å²) in [7, 11) is 0. The SMILES string of the molecule is NNC(=O)c1ccc(O)cc1OC(=O)c1cc(Cl)ccc1O. The number of aromatic hydroxyl groups is 2. The minimum atomic E-state index is -0.948. The van der Waals surface area contributed by atoms with Gasteiger partial charge in [0.25, 0.3) is 5.91 Å². The molecule has 22 heavy (non-hydrogen) atoms. The van der Waals surface area contributed by atoms with Crippen LogP contribution in [-0.2, 0) is 0 Å². The van der Waals surface area contributed by atoms with E-state index in [4.69, 9.17) is 22.2 Å². The fourth-order valence-electron chi connectivity index (χ4n) is 1.69. The van der Waals surface area contributed by atoms with Gasteiger partial charge in [0.2, 0.25) is 0 Å². The van der Waals surface area contributed by atoms with Gasteiger partial charge < -0.3 is 14.9 Å². The number of nitrogen functional groups attached to an aromatic ring is 1. The van der Waals surface area contributed by atoms with Gasteiger partial charge in [0, 0.05) is 11.1 Å². The highest BCUT2D eigenvalue weighted by molar-refractivity contribution is 6.31. The second kappa shape index (κ2) is 6.33. The van der Waals surface area contributed by atoms with Gasteiger partial charge in [-0.3, -0.25) is 10.2 Å². The Bertz CT molecular complexity index is 748. The van der Waals surface area contributed by atoms with Crippen molar-refractivity contribution in [1.82, 2.24) is 5.43 Å². The molecule has 0 atom stereocenters. The molecule has 0 unspecified atom stereocenters. The molecule has 7 nitrogen and oxygen atoms in total. The lowest BCUT2D eigenvalue weighted by atomic mass is 10.1. The number of nitrogens with one attached hydrogen (secondary N) is 1. The minimum absolute atomic E-state index is 0.0600. The van der Waals surface area contributed by atoms with Crippen LogP contribution in [0.1, 0.15) is 20.7 Å². The van der Waals surface area contributed by atoms with Gasteiger partial charge >= 0.3 is 5.97 Å². The Morgan fingerprint density at radius 3 is 2.50 bits per heavy atom. The Balaban J connectivity index is 2.37. The normalized spacial score (nSPS) is 10.1.